The highest BCUT2D eigenvalue weighted by atomic mass is 19.4. The number of anilines is 3. The first-order chi connectivity index (χ1) is 39.3. The van der Waals surface area contributed by atoms with E-state index < -0.39 is 54.3 Å². The molecule has 3 aromatic heterocycles. The average molecular weight is 1110 g/mol. The third-order valence-electron chi connectivity index (χ3n) is 15.5. The van der Waals surface area contributed by atoms with Crippen LogP contribution in [0.5, 0.6) is 5.75 Å². The first-order valence-corrected chi connectivity index (χ1v) is 25.9. The minimum Gasteiger partial charge on any atom is -0.372 e. The molecule has 17 nitrogen and oxygen atoms in total. The van der Waals surface area contributed by atoms with Crippen molar-refractivity contribution in [3.05, 3.63) is 160 Å². The number of rotatable bonds is 13. The van der Waals surface area contributed by atoms with Crippen LogP contribution in [0, 0.1) is 45.3 Å². The Balaban J connectivity index is 0.951. The summed E-state index contributed by atoms with van der Waals surface area (Å²) >= 11 is 0. The monoisotopic (exact) mass is 1110 g/mol. The molecule has 0 bridgehead atoms. The number of benzene rings is 5. The van der Waals surface area contributed by atoms with E-state index in [0.29, 0.717) is 39.2 Å². The summed E-state index contributed by atoms with van der Waals surface area (Å²) in [6.07, 6.45) is -3.68. The van der Waals surface area contributed by atoms with E-state index in [9.17, 15) is 38.5 Å². The van der Waals surface area contributed by atoms with E-state index in [-0.39, 0.29) is 86.3 Å². The Morgan fingerprint density at radius 1 is 0.695 bits per heavy atom. The van der Waals surface area contributed by atoms with Gasteiger partial charge in [-0.2, -0.15) is 42.1 Å². The summed E-state index contributed by atoms with van der Waals surface area (Å²) < 4.78 is 91.1. The van der Waals surface area contributed by atoms with Crippen molar-refractivity contribution in [2.24, 2.45) is 18.4 Å². The molecule has 2 amide bonds. The number of alkyl halides is 6. The molecule has 0 radical (unpaired) electrons. The van der Waals surface area contributed by atoms with Gasteiger partial charge in [0.25, 0.3) is 11.8 Å². The maximum absolute atomic E-state index is 15.0. The van der Waals surface area contributed by atoms with Gasteiger partial charge in [0.05, 0.1) is 59.5 Å². The number of carbonyl (C=O) groups is 2. The zero-order chi connectivity index (χ0) is 57.4. The lowest BCUT2D eigenvalue weighted by molar-refractivity contribution is -0.139. The molecule has 1 atom stereocenters. The van der Waals surface area contributed by atoms with Gasteiger partial charge < -0.3 is 19.6 Å². The molecule has 1 saturated carbocycles. The molecule has 1 N–H and O–H groups in total. The molecule has 410 valence electrons. The summed E-state index contributed by atoms with van der Waals surface area (Å²) in [6.45, 7) is 2.64. The summed E-state index contributed by atoms with van der Waals surface area (Å²) in [7, 11) is 1.72. The summed E-state index contributed by atoms with van der Waals surface area (Å²) in [4.78, 5) is 44.5. The van der Waals surface area contributed by atoms with Gasteiger partial charge in [-0.15, -0.1) is 25.1 Å². The number of nitriles is 3. The van der Waals surface area contributed by atoms with Crippen LogP contribution in [-0.4, -0.2) is 71.0 Å². The normalized spacial score (nSPS) is 15.8. The molecular formula is C59H44F6N14O3. The van der Waals surface area contributed by atoms with E-state index in [2.05, 4.69) is 48.8 Å². The Kier molecular flexibility index (Phi) is 12.9. The van der Waals surface area contributed by atoms with Crippen LogP contribution in [0.1, 0.15) is 85.8 Å². The number of amides is 2. The molecule has 1 unspecified atom stereocenters. The van der Waals surface area contributed by atoms with Gasteiger partial charge in [0.2, 0.25) is 0 Å². The Bertz CT molecular complexity index is 4090. The highest BCUT2D eigenvalue weighted by Crippen LogP contribution is 2.53. The van der Waals surface area contributed by atoms with E-state index >= 15 is 13.2 Å². The van der Waals surface area contributed by atoms with Crippen molar-refractivity contribution < 1.29 is 40.8 Å². The number of pyridine rings is 1. The number of hydrogen-bond acceptors (Lipinski definition) is 13. The molecular weight excluding hydrogens is 1070 g/mol. The van der Waals surface area contributed by atoms with Gasteiger partial charge in [-0.25, -0.2) is 4.98 Å². The molecule has 12 rings (SSSR count). The van der Waals surface area contributed by atoms with Crippen molar-refractivity contribution in [2.75, 3.05) is 34.8 Å². The van der Waals surface area contributed by atoms with Gasteiger partial charge in [0, 0.05) is 60.7 Å². The smallest absolute Gasteiger partial charge is 0.372 e. The lowest BCUT2D eigenvalue weighted by Gasteiger charge is -2.21. The maximum Gasteiger partial charge on any atom is 0.416 e. The molecule has 4 aliphatic rings. The molecule has 3 aliphatic heterocycles. The zero-order valence-corrected chi connectivity index (χ0v) is 43.6. The van der Waals surface area contributed by atoms with Crippen molar-refractivity contribution in [1.82, 2.24) is 39.6 Å². The number of nitrogens with zero attached hydrogens (tertiary/aromatic N) is 13. The SMILES string of the molecule is CC(C#N)CNc1cc(-c2cc(C#N)ccc2-c2nncn2Oc2cc(-c3cc(C#N)ccc3-c3nncn3C)cc(N3Cc4c(cccc4C(F)(F)F)C3=O)c2)cc(N2Cc3c(cc(CN4CCC5(CC5)C4)cc3C(F)(F)F)C2=O)n1. The number of aromatic nitrogens is 7. The predicted octanol–water partition coefficient (Wildman–Crippen LogP) is 11.0. The van der Waals surface area contributed by atoms with Gasteiger partial charge in [-0.1, -0.05) is 6.07 Å². The Morgan fingerprint density at radius 3 is 2.01 bits per heavy atom. The van der Waals surface area contributed by atoms with Crippen LogP contribution in [0.25, 0.3) is 45.0 Å². The Morgan fingerprint density at radius 2 is 1.35 bits per heavy atom. The second-order valence-corrected chi connectivity index (χ2v) is 21.0. The van der Waals surface area contributed by atoms with E-state index in [0.717, 1.165) is 44.5 Å². The van der Waals surface area contributed by atoms with Gasteiger partial charge in [-0.05, 0) is 162 Å². The number of fused-ring (bicyclic) bond motifs is 2. The molecule has 23 heteroatoms. The predicted molar refractivity (Wildman–Crippen MR) is 285 cm³/mol. The standard InChI is InChI=1S/C59H44F6N14O3/c1-33(23-66)26-69-51-20-38(21-52(72-51)78-29-48-46(56(78)81)16-36(17-50(48)59(63,64)65)27-76-13-12-57(30-76)10-11-57)45-15-35(25-68)7-9-42(45)54-74-71-32-79(54)82-40-19-37(44-14-34(24-67)6-8-41(44)53-73-70-31-75(53)2)18-39(22-40)77-28-47-43(55(77)80)4-3-5-49(47)58(60,61)62/h3-9,14-22,31-33H,10-13,26-30H2,1-2H3,(H,69,72). The number of halogens is 6. The minimum absolute atomic E-state index is 0.0138. The summed E-state index contributed by atoms with van der Waals surface area (Å²) in [5.41, 5.74) is 0.788. The van der Waals surface area contributed by atoms with E-state index in [1.165, 1.54) is 69.6 Å². The van der Waals surface area contributed by atoms with Crippen LogP contribution in [0.2, 0.25) is 0 Å². The lowest BCUT2D eigenvalue weighted by Crippen LogP contribution is -2.25. The molecule has 82 heavy (non-hydrogen) atoms. The van der Waals surface area contributed by atoms with Crippen LogP contribution in [-0.2, 0) is 39.0 Å². The van der Waals surface area contributed by atoms with Crippen molar-refractivity contribution >= 4 is 29.1 Å². The maximum atomic E-state index is 15.0. The Hall–Kier alpha value is -9.92. The molecule has 5 aromatic carbocycles. The minimum atomic E-state index is -4.79. The third-order valence-corrected chi connectivity index (χ3v) is 15.5. The fourth-order valence-corrected chi connectivity index (χ4v) is 11.2. The van der Waals surface area contributed by atoms with E-state index in [4.69, 9.17) is 9.82 Å². The summed E-state index contributed by atoms with van der Waals surface area (Å²) in [5, 5.41) is 50.1. The molecule has 8 aromatic rings. The van der Waals surface area contributed by atoms with Gasteiger partial charge in [0.1, 0.15) is 18.0 Å². The van der Waals surface area contributed by atoms with E-state index in [1.807, 2.05) is 0 Å². The van der Waals surface area contributed by atoms with Crippen LogP contribution in [0.4, 0.5) is 43.7 Å². The molecule has 6 heterocycles. The topological polar surface area (TPSA) is 211 Å². The fourth-order valence-electron chi connectivity index (χ4n) is 11.2. The molecule has 1 spiro atoms. The second-order valence-electron chi connectivity index (χ2n) is 21.0. The highest BCUT2D eigenvalue weighted by Gasteiger charge is 2.48. The molecule has 1 saturated heterocycles. The van der Waals surface area contributed by atoms with Crippen LogP contribution in [0.3, 0.4) is 0 Å². The van der Waals surface area contributed by atoms with Crippen molar-refractivity contribution in [3.8, 4) is 69.0 Å². The number of likely N-dealkylation sites (tertiary alicyclic amines) is 1. The zero-order valence-electron chi connectivity index (χ0n) is 43.6. The summed E-state index contributed by atoms with van der Waals surface area (Å²) in [6, 6.07) is 29.7. The largest absolute Gasteiger partial charge is 0.416 e. The number of hydrogen-bond donors (Lipinski definition) is 1. The lowest BCUT2D eigenvalue weighted by atomic mass is 9.96. The van der Waals surface area contributed by atoms with Gasteiger partial charge in [-0.3, -0.25) is 19.4 Å². The Labute approximate surface area is 463 Å². The first kappa shape index (κ1) is 52.8. The summed E-state index contributed by atoms with van der Waals surface area (Å²) in [5.74, 6) is -1.38. The van der Waals surface area contributed by atoms with Crippen molar-refractivity contribution in [3.63, 3.8) is 0 Å². The quantitative estimate of drug-likeness (QED) is 0.107. The van der Waals surface area contributed by atoms with Crippen molar-refractivity contribution in [2.45, 2.75) is 58.2 Å². The van der Waals surface area contributed by atoms with E-state index in [1.54, 1.807) is 61.0 Å². The molecule has 2 fully saturated rings. The van der Waals surface area contributed by atoms with Crippen LogP contribution >= 0.6 is 0 Å². The second kappa shape index (κ2) is 20.0. The highest BCUT2D eigenvalue weighted by molar-refractivity contribution is 6.11. The van der Waals surface area contributed by atoms with Gasteiger partial charge in [0.15, 0.2) is 23.7 Å². The number of nitrogens with one attached hydrogen (secondary N) is 1. The number of carbonyl (C=O) groups excluding carboxylic acids is 2. The van der Waals surface area contributed by atoms with Gasteiger partial charge >= 0.3 is 12.4 Å². The van der Waals surface area contributed by atoms with Crippen molar-refractivity contribution in [1.29, 1.82) is 15.8 Å². The van der Waals surface area contributed by atoms with Crippen LogP contribution in [0.15, 0.2) is 110 Å². The molecule has 1 aliphatic carbocycles. The third kappa shape index (κ3) is 9.76. The average Bonchev–Trinajstić information content (AvgIpc) is 3.54. The first-order valence-electron chi connectivity index (χ1n) is 25.9. The fraction of sp³-hybridized carbons (Fsp3) is 0.254. The van der Waals surface area contributed by atoms with Crippen LogP contribution < -0.4 is 20.0 Å². The number of aryl methyl sites for hydroxylation is 1.